The molecule has 0 fully saturated rings. The van der Waals surface area contributed by atoms with Gasteiger partial charge in [0.15, 0.2) is 0 Å². The van der Waals surface area contributed by atoms with E-state index >= 15 is 0 Å². The Labute approximate surface area is 105 Å². The van der Waals surface area contributed by atoms with Gasteiger partial charge in [0.05, 0.1) is 0 Å². The Morgan fingerprint density at radius 3 is 2.82 bits per heavy atom. The summed E-state index contributed by atoms with van der Waals surface area (Å²) in [7, 11) is 0. The maximum absolute atomic E-state index is 4.36. The van der Waals surface area contributed by atoms with Crippen molar-refractivity contribution in [3.05, 3.63) is 41.7 Å². The second-order valence-electron chi connectivity index (χ2n) is 4.66. The molecular weight excluding hydrogens is 208 g/mol. The summed E-state index contributed by atoms with van der Waals surface area (Å²) >= 11 is 0. The van der Waals surface area contributed by atoms with E-state index in [0.29, 0.717) is 6.04 Å². The van der Waals surface area contributed by atoms with Gasteiger partial charge in [-0.1, -0.05) is 24.6 Å². The number of pyridine rings is 1. The summed E-state index contributed by atoms with van der Waals surface area (Å²) in [5, 5.41) is 3.57. The molecule has 94 valence electrons. The zero-order valence-corrected chi connectivity index (χ0v) is 11.2. The highest BCUT2D eigenvalue weighted by Crippen LogP contribution is 2.05. The van der Waals surface area contributed by atoms with E-state index in [0.717, 1.165) is 19.4 Å². The first-order chi connectivity index (χ1) is 8.22. The summed E-state index contributed by atoms with van der Waals surface area (Å²) in [4.78, 5) is 4.36. The molecule has 1 aromatic rings. The Morgan fingerprint density at radius 1 is 1.41 bits per heavy atom. The monoisotopic (exact) mass is 232 g/mol. The van der Waals surface area contributed by atoms with Crippen molar-refractivity contribution in [2.24, 2.45) is 0 Å². The summed E-state index contributed by atoms with van der Waals surface area (Å²) in [5.41, 5.74) is 2.55. The van der Waals surface area contributed by atoms with Gasteiger partial charge >= 0.3 is 0 Å². The topological polar surface area (TPSA) is 24.9 Å². The average molecular weight is 232 g/mol. The fraction of sp³-hybridized carbons (Fsp3) is 0.533. The number of allylic oxidation sites excluding steroid dienone is 1. The lowest BCUT2D eigenvalue weighted by Gasteiger charge is -2.15. The standard InChI is InChI=1S/C15H24N2/c1-4-10-16-15(12-13(2)3)9-8-14-7-5-6-11-17-14/h5-7,11-12,15-16H,4,8-10H2,1-3H3. The van der Waals surface area contributed by atoms with Crippen LogP contribution >= 0.6 is 0 Å². The van der Waals surface area contributed by atoms with Gasteiger partial charge < -0.3 is 5.32 Å². The number of aryl methyl sites for hydroxylation is 1. The van der Waals surface area contributed by atoms with E-state index in [4.69, 9.17) is 0 Å². The number of aromatic nitrogens is 1. The van der Waals surface area contributed by atoms with Crippen LogP contribution in [0.4, 0.5) is 0 Å². The van der Waals surface area contributed by atoms with Crippen molar-refractivity contribution in [2.75, 3.05) is 6.54 Å². The molecule has 0 aliphatic carbocycles. The van der Waals surface area contributed by atoms with Gasteiger partial charge in [0.1, 0.15) is 0 Å². The van der Waals surface area contributed by atoms with Gasteiger partial charge in [-0.3, -0.25) is 4.98 Å². The lowest BCUT2D eigenvalue weighted by molar-refractivity contribution is 0.548. The molecule has 0 bridgehead atoms. The van der Waals surface area contributed by atoms with Gasteiger partial charge in [-0.05, 0) is 51.8 Å². The summed E-state index contributed by atoms with van der Waals surface area (Å²) in [5.74, 6) is 0. The van der Waals surface area contributed by atoms with Crippen LogP contribution in [0, 0.1) is 0 Å². The molecule has 0 aliphatic heterocycles. The molecule has 1 atom stereocenters. The van der Waals surface area contributed by atoms with Gasteiger partial charge in [0.2, 0.25) is 0 Å². The molecule has 0 aliphatic rings. The second kappa shape index (κ2) is 8.02. The molecule has 17 heavy (non-hydrogen) atoms. The molecule has 0 amide bonds. The number of nitrogens with zero attached hydrogens (tertiary/aromatic N) is 1. The number of hydrogen-bond donors (Lipinski definition) is 1. The van der Waals surface area contributed by atoms with Crippen LogP contribution in [0.1, 0.15) is 39.3 Å². The van der Waals surface area contributed by atoms with Crippen LogP contribution < -0.4 is 5.32 Å². The molecule has 0 saturated carbocycles. The van der Waals surface area contributed by atoms with Crippen LogP contribution in [0.5, 0.6) is 0 Å². The van der Waals surface area contributed by atoms with Crippen molar-refractivity contribution in [1.29, 1.82) is 0 Å². The SMILES string of the molecule is CCCNC(C=C(C)C)CCc1ccccn1. The van der Waals surface area contributed by atoms with Crippen LogP contribution in [0.25, 0.3) is 0 Å². The first-order valence-electron chi connectivity index (χ1n) is 6.50. The van der Waals surface area contributed by atoms with Gasteiger partial charge in [0, 0.05) is 17.9 Å². The van der Waals surface area contributed by atoms with E-state index in [1.807, 2.05) is 12.3 Å². The zero-order chi connectivity index (χ0) is 12.5. The van der Waals surface area contributed by atoms with Gasteiger partial charge in [-0.15, -0.1) is 0 Å². The lowest BCUT2D eigenvalue weighted by Crippen LogP contribution is -2.28. The van der Waals surface area contributed by atoms with Gasteiger partial charge in [0.25, 0.3) is 0 Å². The number of rotatable bonds is 7. The first kappa shape index (κ1) is 13.9. The lowest BCUT2D eigenvalue weighted by atomic mass is 10.1. The Hall–Kier alpha value is -1.15. The third-order valence-electron chi connectivity index (χ3n) is 2.63. The van der Waals surface area contributed by atoms with E-state index < -0.39 is 0 Å². The van der Waals surface area contributed by atoms with Crippen molar-refractivity contribution in [2.45, 2.75) is 46.1 Å². The summed E-state index contributed by atoms with van der Waals surface area (Å²) in [6, 6.07) is 6.59. The van der Waals surface area contributed by atoms with Crippen molar-refractivity contribution in [1.82, 2.24) is 10.3 Å². The minimum Gasteiger partial charge on any atom is -0.311 e. The molecule has 0 spiro atoms. The summed E-state index contributed by atoms with van der Waals surface area (Å²) < 4.78 is 0. The maximum atomic E-state index is 4.36. The Bertz CT molecular complexity index is 326. The highest BCUT2D eigenvalue weighted by molar-refractivity contribution is 5.06. The molecule has 1 rings (SSSR count). The van der Waals surface area contributed by atoms with Crippen molar-refractivity contribution in [3.8, 4) is 0 Å². The van der Waals surface area contributed by atoms with Crippen molar-refractivity contribution in [3.63, 3.8) is 0 Å². The molecule has 1 aromatic heterocycles. The molecule has 0 aromatic carbocycles. The van der Waals surface area contributed by atoms with Crippen molar-refractivity contribution < 1.29 is 0 Å². The van der Waals surface area contributed by atoms with Crippen LogP contribution in [-0.4, -0.2) is 17.6 Å². The van der Waals surface area contributed by atoms with Gasteiger partial charge in [-0.2, -0.15) is 0 Å². The van der Waals surface area contributed by atoms with Crippen LogP contribution in [0.3, 0.4) is 0 Å². The molecule has 0 saturated heterocycles. The summed E-state index contributed by atoms with van der Waals surface area (Å²) in [6.45, 7) is 7.59. The van der Waals surface area contributed by atoms with Crippen LogP contribution in [-0.2, 0) is 6.42 Å². The molecule has 2 heteroatoms. The Kier molecular flexibility index (Phi) is 6.56. The average Bonchev–Trinajstić information content (AvgIpc) is 2.33. The minimum atomic E-state index is 0.474. The van der Waals surface area contributed by atoms with Crippen LogP contribution in [0.2, 0.25) is 0 Å². The predicted octanol–water partition coefficient (Wildman–Crippen LogP) is 3.35. The quantitative estimate of drug-likeness (QED) is 0.729. The third kappa shape index (κ3) is 6.22. The van der Waals surface area contributed by atoms with Crippen molar-refractivity contribution >= 4 is 0 Å². The number of nitrogens with one attached hydrogen (secondary N) is 1. The molecule has 2 nitrogen and oxygen atoms in total. The summed E-state index contributed by atoms with van der Waals surface area (Å²) in [6.07, 6.45) is 7.51. The van der Waals surface area contributed by atoms with E-state index in [1.165, 1.54) is 17.7 Å². The largest absolute Gasteiger partial charge is 0.311 e. The van der Waals surface area contributed by atoms with E-state index in [-0.39, 0.29) is 0 Å². The zero-order valence-electron chi connectivity index (χ0n) is 11.2. The fourth-order valence-electron chi connectivity index (χ4n) is 1.83. The molecular formula is C15H24N2. The second-order valence-corrected chi connectivity index (χ2v) is 4.66. The maximum Gasteiger partial charge on any atom is 0.0404 e. The Morgan fingerprint density at radius 2 is 2.24 bits per heavy atom. The van der Waals surface area contributed by atoms with E-state index in [9.17, 15) is 0 Å². The first-order valence-corrected chi connectivity index (χ1v) is 6.50. The molecule has 1 heterocycles. The smallest absolute Gasteiger partial charge is 0.0404 e. The van der Waals surface area contributed by atoms with Crippen LogP contribution in [0.15, 0.2) is 36.0 Å². The third-order valence-corrected chi connectivity index (χ3v) is 2.63. The highest BCUT2D eigenvalue weighted by Gasteiger charge is 2.04. The fourth-order valence-corrected chi connectivity index (χ4v) is 1.83. The van der Waals surface area contributed by atoms with Gasteiger partial charge in [-0.25, -0.2) is 0 Å². The number of hydrogen-bond acceptors (Lipinski definition) is 2. The predicted molar refractivity (Wildman–Crippen MR) is 74.1 cm³/mol. The van der Waals surface area contributed by atoms with E-state index in [2.05, 4.69) is 49.3 Å². The molecule has 0 radical (unpaired) electrons. The molecule has 1 unspecified atom stereocenters. The minimum absolute atomic E-state index is 0.474. The molecule has 1 N–H and O–H groups in total. The van der Waals surface area contributed by atoms with E-state index in [1.54, 1.807) is 0 Å². The Balaban J connectivity index is 2.46. The normalized spacial score (nSPS) is 12.2. The highest BCUT2D eigenvalue weighted by atomic mass is 14.9.